The van der Waals surface area contributed by atoms with Gasteiger partial charge in [-0.05, 0) is 49.0 Å². The molecule has 0 radical (unpaired) electrons. The van der Waals surface area contributed by atoms with Crippen molar-refractivity contribution in [1.82, 2.24) is 9.78 Å². The molecule has 0 aliphatic heterocycles. The summed E-state index contributed by atoms with van der Waals surface area (Å²) in [5, 5.41) is 19.2. The van der Waals surface area contributed by atoms with E-state index >= 15 is 0 Å². The Hall–Kier alpha value is -2.72. The van der Waals surface area contributed by atoms with Crippen molar-refractivity contribution in [2.45, 2.75) is 58.8 Å². The summed E-state index contributed by atoms with van der Waals surface area (Å²) in [6.07, 6.45) is 1.54. The highest BCUT2D eigenvalue weighted by Crippen LogP contribution is 2.29. The molecule has 0 aliphatic rings. The van der Waals surface area contributed by atoms with E-state index in [2.05, 4.69) is 29.7 Å². The van der Waals surface area contributed by atoms with Crippen LogP contribution in [-0.2, 0) is 22.8 Å². The molecule has 0 saturated heterocycles. The Morgan fingerprint density at radius 2 is 1.91 bits per heavy atom. The minimum atomic E-state index is -1.17. The third kappa shape index (κ3) is 8.08. The summed E-state index contributed by atoms with van der Waals surface area (Å²) >= 11 is 0. The van der Waals surface area contributed by atoms with Gasteiger partial charge in [0.2, 0.25) is 0 Å². The first-order valence-electron chi connectivity index (χ1n) is 10.7. The van der Waals surface area contributed by atoms with E-state index in [1.807, 2.05) is 11.6 Å². The summed E-state index contributed by atoms with van der Waals surface area (Å²) in [7, 11) is -1.17. The molecule has 1 heterocycles. The van der Waals surface area contributed by atoms with Crippen LogP contribution in [0.1, 0.15) is 24.2 Å². The van der Waals surface area contributed by atoms with E-state index in [0.29, 0.717) is 33.1 Å². The fraction of sp³-hybridized carbons (Fsp3) is 0.571. The number of hydrogen-bond donors (Lipinski definition) is 0. The first-order chi connectivity index (χ1) is 15.2. The van der Waals surface area contributed by atoms with Gasteiger partial charge in [0.15, 0.2) is 0 Å². The quantitative estimate of drug-likeness (QED) is 0.0680. The van der Waals surface area contributed by atoms with Crippen LogP contribution in [-0.4, -0.2) is 42.5 Å². The zero-order valence-electron chi connectivity index (χ0n) is 19.3. The molecule has 1 aromatic carbocycles. The lowest BCUT2D eigenvalue weighted by molar-refractivity contribution is -0.384. The number of non-ortho nitro benzene ring substituents is 1. The SMILES string of the molecule is Cc1c(-c2ccc([N+](=O)[O-])cc2)c(COCCCCN=[N+]=[N-])nn1COCC[Si](C)(C)C. The van der Waals surface area contributed by atoms with Gasteiger partial charge in [0.25, 0.3) is 5.69 Å². The number of benzene rings is 1. The van der Waals surface area contributed by atoms with E-state index in [1.54, 1.807) is 12.1 Å². The lowest BCUT2D eigenvalue weighted by Gasteiger charge is -2.15. The van der Waals surface area contributed by atoms with Crippen LogP contribution in [0.2, 0.25) is 25.7 Å². The second-order valence-corrected chi connectivity index (χ2v) is 14.4. The Morgan fingerprint density at radius 1 is 1.19 bits per heavy atom. The number of hydrogen-bond acceptors (Lipinski definition) is 6. The largest absolute Gasteiger partial charge is 0.375 e. The van der Waals surface area contributed by atoms with Crippen molar-refractivity contribution >= 4 is 13.8 Å². The van der Waals surface area contributed by atoms with Crippen LogP contribution >= 0.6 is 0 Å². The Balaban J connectivity index is 2.13. The van der Waals surface area contributed by atoms with E-state index in [9.17, 15) is 10.1 Å². The maximum Gasteiger partial charge on any atom is 0.269 e. The van der Waals surface area contributed by atoms with Crippen LogP contribution < -0.4 is 0 Å². The second-order valence-electron chi connectivity index (χ2n) is 8.77. The van der Waals surface area contributed by atoms with Gasteiger partial charge in [-0.15, -0.1) is 0 Å². The van der Waals surface area contributed by atoms with Crippen LogP contribution in [0.4, 0.5) is 5.69 Å². The Kier molecular flexibility index (Phi) is 9.85. The predicted octanol–water partition coefficient (Wildman–Crippen LogP) is 5.69. The molecular formula is C21H32N6O4Si. The van der Waals surface area contributed by atoms with Crippen molar-refractivity contribution < 1.29 is 14.4 Å². The number of ether oxygens (including phenoxy) is 2. The van der Waals surface area contributed by atoms with Crippen molar-refractivity contribution in [1.29, 1.82) is 0 Å². The molecule has 32 heavy (non-hydrogen) atoms. The van der Waals surface area contributed by atoms with Gasteiger partial charge in [-0.1, -0.05) is 24.8 Å². The molecule has 0 saturated carbocycles. The smallest absolute Gasteiger partial charge is 0.269 e. The third-order valence-corrected chi connectivity index (χ3v) is 6.66. The van der Waals surface area contributed by atoms with E-state index in [-0.39, 0.29) is 5.69 Å². The number of rotatable bonds is 14. The van der Waals surface area contributed by atoms with Gasteiger partial charge in [-0.25, -0.2) is 4.68 Å². The van der Waals surface area contributed by atoms with E-state index in [1.165, 1.54) is 12.1 Å². The van der Waals surface area contributed by atoms with E-state index in [0.717, 1.165) is 41.4 Å². The molecular weight excluding hydrogens is 428 g/mol. The van der Waals surface area contributed by atoms with Gasteiger partial charge in [0.1, 0.15) is 6.73 Å². The third-order valence-electron chi connectivity index (χ3n) is 4.95. The molecule has 0 spiro atoms. The highest BCUT2D eigenvalue weighted by Gasteiger charge is 2.18. The molecule has 0 amide bonds. The molecule has 11 heteroatoms. The average molecular weight is 461 g/mol. The molecule has 2 aromatic rings. The monoisotopic (exact) mass is 460 g/mol. The van der Waals surface area contributed by atoms with Crippen molar-refractivity contribution in [3.63, 3.8) is 0 Å². The van der Waals surface area contributed by atoms with Gasteiger partial charge in [-0.3, -0.25) is 10.1 Å². The van der Waals surface area contributed by atoms with E-state index in [4.69, 9.17) is 20.1 Å². The Morgan fingerprint density at radius 3 is 2.53 bits per heavy atom. The van der Waals surface area contributed by atoms with Gasteiger partial charge < -0.3 is 9.47 Å². The molecule has 0 fully saturated rings. The summed E-state index contributed by atoms with van der Waals surface area (Å²) in [6, 6.07) is 7.55. The zero-order valence-corrected chi connectivity index (χ0v) is 20.3. The molecule has 0 aliphatic carbocycles. The lowest BCUT2D eigenvalue weighted by atomic mass is 10.0. The molecule has 0 unspecified atom stereocenters. The number of unbranched alkanes of at least 4 members (excludes halogenated alkanes) is 1. The highest BCUT2D eigenvalue weighted by atomic mass is 28.3. The predicted molar refractivity (Wildman–Crippen MR) is 126 cm³/mol. The highest BCUT2D eigenvalue weighted by molar-refractivity contribution is 6.76. The zero-order chi connectivity index (χ0) is 23.6. The van der Waals surface area contributed by atoms with Gasteiger partial charge in [-0.2, -0.15) is 5.10 Å². The Labute approximate surface area is 189 Å². The molecule has 0 N–H and O–H groups in total. The van der Waals surface area contributed by atoms with Crippen LogP contribution in [0, 0.1) is 17.0 Å². The lowest BCUT2D eigenvalue weighted by Crippen LogP contribution is -2.22. The second kappa shape index (κ2) is 12.3. The van der Waals surface area contributed by atoms with Crippen LogP contribution in [0.15, 0.2) is 29.4 Å². The van der Waals surface area contributed by atoms with Crippen molar-refractivity contribution in [3.05, 3.63) is 56.2 Å². The summed E-state index contributed by atoms with van der Waals surface area (Å²) < 4.78 is 13.5. The van der Waals surface area contributed by atoms with E-state index < -0.39 is 13.0 Å². The van der Waals surface area contributed by atoms with Gasteiger partial charge in [0, 0.05) is 56.1 Å². The molecule has 2 rings (SSSR count). The normalized spacial score (nSPS) is 11.4. The number of azide groups is 1. The maximum atomic E-state index is 11.0. The van der Waals surface area contributed by atoms with Crippen LogP contribution in [0.3, 0.4) is 0 Å². The standard InChI is InChI=1S/C21H32N6O4Si/c1-17-21(18-7-9-19(10-8-18)27(28)29)20(15-30-12-6-5-11-23-25-22)24-26(17)16-31-13-14-32(2,3)4/h7-10H,5-6,11-16H2,1-4H3. The summed E-state index contributed by atoms with van der Waals surface area (Å²) in [5.74, 6) is 0. The summed E-state index contributed by atoms with van der Waals surface area (Å²) in [6.45, 7) is 11.2. The van der Waals surface area contributed by atoms with Gasteiger partial charge in [0.05, 0.1) is 17.2 Å². The average Bonchev–Trinajstić information content (AvgIpc) is 3.05. The molecule has 10 nitrogen and oxygen atoms in total. The van der Waals surface area contributed by atoms with Gasteiger partial charge >= 0.3 is 0 Å². The van der Waals surface area contributed by atoms with Crippen LogP contribution in [0.5, 0.6) is 0 Å². The molecule has 1 aromatic heterocycles. The fourth-order valence-corrected chi connectivity index (χ4v) is 3.85. The molecule has 0 atom stereocenters. The number of aromatic nitrogens is 2. The first-order valence-corrected chi connectivity index (χ1v) is 14.4. The fourth-order valence-electron chi connectivity index (χ4n) is 3.09. The summed E-state index contributed by atoms with van der Waals surface area (Å²) in [5.41, 5.74) is 11.8. The minimum Gasteiger partial charge on any atom is -0.375 e. The maximum absolute atomic E-state index is 11.0. The first kappa shape index (κ1) is 25.5. The Bertz CT molecular complexity index is 933. The van der Waals surface area contributed by atoms with Crippen LogP contribution in [0.25, 0.3) is 21.6 Å². The minimum absolute atomic E-state index is 0.0475. The van der Waals surface area contributed by atoms with Crippen molar-refractivity contribution in [2.75, 3.05) is 19.8 Å². The number of nitrogens with zero attached hydrogens (tertiary/aromatic N) is 6. The summed E-state index contributed by atoms with van der Waals surface area (Å²) in [4.78, 5) is 13.3. The molecule has 0 bridgehead atoms. The number of nitro benzene ring substituents is 1. The number of nitro groups is 1. The van der Waals surface area contributed by atoms with Crippen molar-refractivity contribution in [2.24, 2.45) is 5.11 Å². The van der Waals surface area contributed by atoms with Crippen molar-refractivity contribution in [3.8, 4) is 11.1 Å². The molecule has 174 valence electrons. The topological polar surface area (TPSA) is 128 Å².